The number of anilines is 1. The molecule has 0 aliphatic carbocycles. The van der Waals surface area contributed by atoms with Crippen molar-refractivity contribution in [3.05, 3.63) is 117 Å². The Kier molecular flexibility index (Phi) is 9.16. The smallest absolute Gasteiger partial charge is 0.405 e. The van der Waals surface area contributed by atoms with Crippen molar-refractivity contribution in [1.29, 1.82) is 0 Å². The maximum Gasteiger partial charge on any atom is 0.405 e. The molecule has 0 saturated carbocycles. The molecule has 17 heteroatoms. The highest BCUT2D eigenvalue weighted by atomic mass is 35.5. The second kappa shape index (κ2) is 13.4. The lowest BCUT2D eigenvalue weighted by atomic mass is 10.0. The maximum absolute atomic E-state index is 14.3. The molecule has 0 fully saturated rings. The average Bonchev–Trinajstić information content (AvgIpc) is 3.40. The number of methoxy groups -OCH3 is 1. The van der Waals surface area contributed by atoms with E-state index in [1.165, 1.54) is 49.3 Å². The summed E-state index contributed by atoms with van der Waals surface area (Å²) in [4.78, 5) is 35.2. The number of rotatable bonds is 10. The van der Waals surface area contributed by atoms with Crippen LogP contribution in [0.3, 0.4) is 0 Å². The van der Waals surface area contributed by atoms with E-state index >= 15 is 0 Å². The molecule has 3 aromatic heterocycles. The Bertz CT molecular complexity index is 2440. The molecule has 50 heavy (non-hydrogen) atoms. The number of benzene rings is 3. The second-order valence-electron chi connectivity index (χ2n) is 11.3. The summed E-state index contributed by atoms with van der Waals surface area (Å²) in [7, 11) is -0.935. The molecule has 6 rings (SSSR count). The van der Waals surface area contributed by atoms with Crippen molar-refractivity contribution in [1.82, 2.24) is 29.6 Å². The standard InChI is InChI=1S/C33H28ClF2N7O6S/c1-41-28-26(11-10-24(34)27(28)31(40-41)42(50(3,47)48)17-18-6-8-22(49-2)9-7-18)43-30(39-29-23(32(43)44)5-4-12-37-29)25(38-33(45)46)15-19-13-20(35)16-21(36)14-19/h4-14,16,25,38H,15,17H2,1-3H3,(H,45,46). The molecule has 0 saturated heterocycles. The minimum Gasteiger partial charge on any atom is -0.497 e. The Balaban J connectivity index is 1.61. The number of hydrogen-bond donors (Lipinski definition) is 2. The number of halogens is 3. The third kappa shape index (κ3) is 6.66. The first-order valence-electron chi connectivity index (χ1n) is 14.8. The molecule has 0 bridgehead atoms. The maximum atomic E-state index is 14.3. The zero-order valence-electron chi connectivity index (χ0n) is 26.6. The quantitative estimate of drug-likeness (QED) is 0.195. The molecule has 1 atom stereocenters. The number of nitrogens with one attached hydrogen (secondary N) is 1. The molecule has 2 N–H and O–H groups in total. The van der Waals surface area contributed by atoms with E-state index in [0.717, 1.165) is 27.3 Å². The summed E-state index contributed by atoms with van der Waals surface area (Å²) in [6.07, 6.45) is 0.610. The fraction of sp³-hybridized carbons (Fsp3) is 0.182. The Hall–Kier alpha value is -5.61. The molecule has 1 unspecified atom stereocenters. The normalized spacial score (nSPS) is 12.3. The molecule has 0 spiro atoms. The van der Waals surface area contributed by atoms with E-state index < -0.39 is 39.4 Å². The van der Waals surface area contributed by atoms with E-state index in [1.807, 2.05) is 0 Å². The predicted molar refractivity (Wildman–Crippen MR) is 182 cm³/mol. The lowest BCUT2D eigenvalue weighted by Gasteiger charge is -2.23. The van der Waals surface area contributed by atoms with Gasteiger partial charge in [-0.2, -0.15) is 5.10 Å². The summed E-state index contributed by atoms with van der Waals surface area (Å²) < 4.78 is 63.7. The van der Waals surface area contributed by atoms with Crippen LogP contribution in [0.4, 0.5) is 19.4 Å². The van der Waals surface area contributed by atoms with E-state index in [9.17, 15) is 31.9 Å². The molecular weight excluding hydrogens is 696 g/mol. The molecule has 3 aromatic carbocycles. The van der Waals surface area contributed by atoms with Crippen LogP contribution < -0.4 is 19.9 Å². The number of carboxylic acid groups (broad SMARTS) is 1. The molecule has 6 aromatic rings. The van der Waals surface area contributed by atoms with Crippen molar-refractivity contribution in [3.63, 3.8) is 0 Å². The molecule has 1 amide bonds. The number of aromatic nitrogens is 5. The molecule has 258 valence electrons. The fourth-order valence-electron chi connectivity index (χ4n) is 5.76. The van der Waals surface area contributed by atoms with Crippen LogP contribution in [-0.4, -0.2) is 57.3 Å². The van der Waals surface area contributed by atoms with Gasteiger partial charge in [0.05, 0.1) is 53.0 Å². The van der Waals surface area contributed by atoms with Gasteiger partial charge in [-0.1, -0.05) is 23.7 Å². The number of pyridine rings is 1. The molecule has 0 aliphatic heterocycles. The SMILES string of the molecule is COc1ccc(CN(c2nn(C)c3c(-n4c(C(Cc5cc(F)cc(F)c5)NC(=O)O)nc5ncccc5c4=O)ccc(Cl)c23)S(C)(=O)=O)cc1. The van der Waals surface area contributed by atoms with Gasteiger partial charge < -0.3 is 15.2 Å². The van der Waals surface area contributed by atoms with Crippen LogP contribution in [0.2, 0.25) is 5.02 Å². The van der Waals surface area contributed by atoms with Gasteiger partial charge in [-0.3, -0.25) is 14.0 Å². The monoisotopic (exact) mass is 723 g/mol. The first-order chi connectivity index (χ1) is 23.7. The van der Waals surface area contributed by atoms with Crippen LogP contribution in [0, 0.1) is 11.6 Å². The van der Waals surface area contributed by atoms with Crippen LogP contribution >= 0.6 is 11.6 Å². The third-order valence-electron chi connectivity index (χ3n) is 7.90. The number of nitrogens with zero attached hydrogens (tertiary/aromatic N) is 6. The van der Waals surface area contributed by atoms with E-state index in [4.69, 9.17) is 16.3 Å². The van der Waals surface area contributed by atoms with Gasteiger partial charge in [0.15, 0.2) is 11.5 Å². The summed E-state index contributed by atoms with van der Waals surface area (Å²) in [5.74, 6) is -1.39. The highest BCUT2D eigenvalue weighted by molar-refractivity contribution is 7.92. The highest BCUT2D eigenvalue weighted by Crippen LogP contribution is 2.38. The number of fused-ring (bicyclic) bond motifs is 2. The van der Waals surface area contributed by atoms with Gasteiger partial charge in [-0.05, 0) is 59.7 Å². The number of hydrogen-bond acceptors (Lipinski definition) is 8. The van der Waals surface area contributed by atoms with Crippen molar-refractivity contribution in [2.45, 2.75) is 19.0 Å². The number of aryl methyl sites for hydroxylation is 1. The van der Waals surface area contributed by atoms with Gasteiger partial charge in [-0.15, -0.1) is 0 Å². The molecule has 3 heterocycles. The van der Waals surface area contributed by atoms with Gasteiger partial charge >= 0.3 is 6.09 Å². The molecule has 0 aliphatic rings. The molecule has 13 nitrogen and oxygen atoms in total. The Labute approximate surface area is 288 Å². The van der Waals surface area contributed by atoms with E-state index in [0.29, 0.717) is 17.4 Å². The number of sulfonamides is 1. The Morgan fingerprint density at radius 2 is 1.78 bits per heavy atom. The first kappa shape index (κ1) is 34.3. The lowest BCUT2D eigenvalue weighted by Crippen LogP contribution is -2.35. The summed E-state index contributed by atoms with van der Waals surface area (Å²) >= 11 is 6.75. The van der Waals surface area contributed by atoms with Crippen molar-refractivity contribution in [3.8, 4) is 11.4 Å². The summed E-state index contributed by atoms with van der Waals surface area (Å²) in [5, 5.41) is 17.0. The van der Waals surface area contributed by atoms with Gasteiger partial charge in [0, 0.05) is 25.7 Å². The van der Waals surface area contributed by atoms with Crippen molar-refractivity contribution >= 4 is 55.5 Å². The van der Waals surface area contributed by atoms with Gasteiger partial charge in [0.1, 0.15) is 23.2 Å². The van der Waals surface area contributed by atoms with Gasteiger partial charge in [-0.25, -0.2) is 36.3 Å². The Morgan fingerprint density at radius 3 is 2.42 bits per heavy atom. The van der Waals surface area contributed by atoms with Crippen molar-refractivity contribution in [2.75, 3.05) is 17.7 Å². The molecule has 0 radical (unpaired) electrons. The van der Waals surface area contributed by atoms with E-state index in [2.05, 4.69) is 20.4 Å². The van der Waals surface area contributed by atoms with Crippen LogP contribution in [0.15, 0.2) is 77.7 Å². The van der Waals surface area contributed by atoms with Crippen LogP contribution in [0.25, 0.3) is 27.6 Å². The number of ether oxygens (including phenoxy) is 1. The largest absolute Gasteiger partial charge is 0.497 e. The number of amides is 1. The van der Waals surface area contributed by atoms with Crippen LogP contribution in [0.5, 0.6) is 5.75 Å². The summed E-state index contributed by atoms with van der Waals surface area (Å²) in [5.41, 5.74) is 0.341. The minimum absolute atomic E-state index is 0.00925. The number of carbonyl (C=O) groups is 1. The highest BCUT2D eigenvalue weighted by Gasteiger charge is 2.30. The molecular formula is C33H28ClF2N7O6S. The second-order valence-corrected chi connectivity index (χ2v) is 13.6. The zero-order valence-corrected chi connectivity index (χ0v) is 28.2. The van der Waals surface area contributed by atoms with Crippen molar-refractivity contribution in [2.24, 2.45) is 7.05 Å². The first-order valence-corrected chi connectivity index (χ1v) is 17.1. The summed E-state index contributed by atoms with van der Waals surface area (Å²) in [6.45, 7) is -0.126. The lowest BCUT2D eigenvalue weighted by molar-refractivity contribution is 0.189. The van der Waals surface area contributed by atoms with Gasteiger partial charge in [0.2, 0.25) is 10.0 Å². The third-order valence-corrected chi connectivity index (χ3v) is 9.32. The fourth-order valence-corrected chi connectivity index (χ4v) is 6.82. The Morgan fingerprint density at radius 1 is 1.08 bits per heavy atom. The van der Waals surface area contributed by atoms with Crippen LogP contribution in [-0.2, 0) is 30.0 Å². The van der Waals surface area contributed by atoms with Crippen molar-refractivity contribution < 1.29 is 31.8 Å². The topological polar surface area (TPSA) is 162 Å². The van der Waals surface area contributed by atoms with Gasteiger partial charge in [0.25, 0.3) is 5.56 Å². The minimum atomic E-state index is -3.98. The predicted octanol–water partition coefficient (Wildman–Crippen LogP) is 5.13. The summed E-state index contributed by atoms with van der Waals surface area (Å²) in [6, 6.07) is 14.1. The van der Waals surface area contributed by atoms with Crippen LogP contribution in [0.1, 0.15) is 23.0 Å². The zero-order chi connectivity index (χ0) is 35.9. The van der Waals surface area contributed by atoms with E-state index in [-0.39, 0.29) is 62.8 Å². The average molecular weight is 724 g/mol. The van der Waals surface area contributed by atoms with E-state index in [1.54, 1.807) is 24.3 Å².